The van der Waals surface area contributed by atoms with Crippen molar-refractivity contribution in [1.82, 2.24) is 5.32 Å². The van der Waals surface area contributed by atoms with Crippen molar-refractivity contribution in [3.05, 3.63) is 0 Å². The zero-order chi connectivity index (χ0) is 8.10. The lowest BCUT2D eigenvalue weighted by atomic mass is 10.1. The van der Waals surface area contributed by atoms with Crippen molar-refractivity contribution in [2.75, 3.05) is 7.05 Å². The molecule has 1 aliphatic carbocycles. The van der Waals surface area contributed by atoms with Gasteiger partial charge in [-0.05, 0) is 39.2 Å². The summed E-state index contributed by atoms with van der Waals surface area (Å²) < 4.78 is 0. The Bertz CT molecular complexity index is 159. The van der Waals surface area contributed by atoms with E-state index in [-0.39, 0.29) is 0 Å². The fourth-order valence-electron chi connectivity index (χ4n) is 1.47. The van der Waals surface area contributed by atoms with Crippen LogP contribution in [-0.4, -0.2) is 13.1 Å². The zero-order valence-corrected chi connectivity index (χ0v) is 7.48. The van der Waals surface area contributed by atoms with E-state index >= 15 is 0 Å². The molecule has 1 heteroatoms. The predicted molar refractivity (Wildman–Crippen MR) is 48.3 cm³/mol. The van der Waals surface area contributed by atoms with Crippen molar-refractivity contribution < 1.29 is 0 Å². The Balaban J connectivity index is 2.13. The van der Waals surface area contributed by atoms with Gasteiger partial charge in [-0.2, -0.15) is 0 Å². The lowest BCUT2D eigenvalue weighted by Gasteiger charge is -2.12. The molecule has 0 aromatic heterocycles. The maximum absolute atomic E-state index is 3.36. The van der Waals surface area contributed by atoms with Gasteiger partial charge in [0.05, 0.1) is 0 Å². The lowest BCUT2D eigenvalue weighted by molar-refractivity contribution is 0.476. The molecule has 1 fully saturated rings. The number of rotatable bonds is 4. The molecule has 11 heavy (non-hydrogen) atoms. The summed E-state index contributed by atoms with van der Waals surface area (Å²) in [7, 11) is 2.06. The van der Waals surface area contributed by atoms with E-state index in [2.05, 4.69) is 24.2 Å². The van der Waals surface area contributed by atoms with Gasteiger partial charge in [-0.25, -0.2) is 0 Å². The molecule has 0 aromatic rings. The Kier molecular flexibility index (Phi) is 3.45. The molecule has 0 spiro atoms. The third-order valence-electron chi connectivity index (χ3n) is 2.32. The second kappa shape index (κ2) is 4.41. The largest absolute Gasteiger partial charge is 0.317 e. The molecule has 1 N–H and O–H groups in total. The second-order valence-electron chi connectivity index (χ2n) is 3.20. The molecule has 1 rings (SSSR count). The maximum Gasteiger partial charge on any atom is 0.0103 e. The number of hydrogen-bond acceptors (Lipinski definition) is 1. The van der Waals surface area contributed by atoms with Crippen molar-refractivity contribution in [2.45, 2.75) is 38.6 Å². The van der Waals surface area contributed by atoms with Crippen molar-refractivity contribution in [3.8, 4) is 11.8 Å². The van der Waals surface area contributed by atoms with E-state index in [1.165, 1.54) is 19.3 Å². The molecular weight excluding hydrogens is 134 g/mol. The molecule has 1 unspecified atom stereocenters. The van der Waals surface area contributed by atoms with Gasteiger partial charge in [0.15, 0.2) is 0 Å². The van der Waals surface area contributed by atoms with E-state index in [1.807, 2.05) is 6.92 Å². The molecule has 0 aromatic carbocycles. The van der Waals surface area contributed by atoms with Crippen LogP contribution in [0.15, 0.2) is 0 Å². The van der Waals surface area contributed by atoms with E-state index in [9.17, 15) is 0 Å². The highest BCUT2D eigenvalue weighted by atomic mass is 14.9. The van der Waals surface area contributed by atoms with Gasteiger partial charge in [0.1, 0.15) is 0 Å². The summed E-state index contributed by atoms with van der Waals surface area (Å²) >= 11 is 0. The summed E-state index contributed by atoms with van der Waals surface area (Å²) in [6, 6.07) is 0.732. The van der Waals surface area contributed by atoms with Crippen molar-refractivity contribution in [1.29, 1.82) is 0 Å². The third kappa shape index (κ3) is 2.95. The van der Waals surface area contributed by atoms with Crippen LogP contribution in [0.2, 0.25) is 0 Å². The van der Waals surface area contributed by atoms with Gasteiger partial charge in [0.2, 0.25) is 0 Å². The normalized spacial score (nSPS) is 18.7. The summed E-state index contributed by atoms with van der Waals surface area (Å²) in [4.78, 5) is 0. The van der Waals surface area contributed by atoms with E-state index in [4.69, 9.17) is 0 Å². The molecule has 1 nitrogen and oxygen atoms in total. The Morgan fingerprint density at radius 1 is 1.55 bits per heavy atom. The third-order valence-corrected chi connectivity index (χ3v) is 2.32. The Morgan fingerprint density at radius 3 is 2.73 bits per heavy atom. The van der Waals surface area contributed by atoms with Crippen molar-refractivity contribution in [3.63, 3.8) is 0 Å². The molecule has 0 aliphatic heterocycles. The van der Waals surface area contributed by atoms with Crippen LogP contribution < -0.4 is 5.32 Å². The smallest absolute Gasteiger partial charge is 0.0103 e. The predicted octanol–water partition coefficient (Wildman–Crippen LogP) is 1.79. The highest BCUT2D eigenvalue weighted by Crippen LogP contribution is 2.34. The highest BCUT2D eigenvalue weighted by molar-refractivity contribution is 4.97. The molecule has 0 amide bonds. The monoisotopic (exact) mass is 151 g/mol. The van der Waals surface area contributed by atoms with Crippen LogP contribution in [0.5, 0.6) is 0 Å². The molecule has 0 heterocycles. The van der Waals surface area contributed by atoms with Crippen LogP contribution >= 0.6 is 0 Å². The van der Waals surface area contributed by atoms with Crippen molar-refractivity contribution in [2.24, 2.45) is 5.92 Å². The number of hydrogen-bond donors (Lipinski definition) is 1. The Hall–Kier alpha value is -0.480. The minimum absolute atomic E-state index is 0.732. The maximum atomic E-state index is 3.36. The first-order valence-electron chi connectivity index (χ1n) is 4.45. The SMILES string of the molecule is CC#CCCC(NC)C1CC1. The topological polar surface area (TPSA) is 12.0 Å². The minimum atomic E-state index is 0.732. The molecule has 1 saturated carbocycles. The average Bonchev–Trinajstić information content (AvgIpc) is 2.81. The fourth-order valence-corrected chi connectivity index (χ4v) is 1.47. The van der Waals surface area contributed by atoms with Crippen LogP contribution in [0.1, 0.15) is 32.6 Å². The Morgan fingerprint density at radius 2 is 2.27 bits per heavy atom. The lowest BCUT2D eigenvalue weighted by Crippen LogP contribution is -2.26. The summed E-state index contributed by atoms with van der Waals surface area (Å²) in [5.74, 6) is 6.99. The molecule has 0 saturated heterocycles. The molecule has 0 bridgehead atoms. The zero-order valence-electron chi connectivity index (χ0n) is 7.48. The molecule has 1 aliphatic rings. The summed E-state index contributed by atoms with van der Waals surface area (Å²) in [6.07, 6.45) is 5.12. The first-order chi connectivity index (χ1) is 5.38. The van der Waals surface area contributed by atoms with Gasteiger partial charge in [-0.15, -0.1) is 11.8 Å². The van der Waals surface area contributed by atoms with Gasteiger partial charge < -0.3 is 5.32 Å². The Labute approximate surface area is 69.6 Å². The van der Waals surface area contributed by atoms with Crippen LogP contribution in [0.3, 0.4) is 0 Å². The van der Waals surface area contributed by atoms with Crippen LogP contribution in [-0.2, 0) is 0 Å². The van der Waals surface area contributed by atoms with Crippen molar-refractivity contribution >= 4 is 0 Å². The molecule has 62 valence electrons. The van der Waals surface area contributed by atoms with Crippen LogP contribution in [0.25, 0.3) is 0 Å². The van der Waals surface area contributed by atoms with Crippen LogP contribution in [0.4, 0.5) is 0 Å². The van der Waals surface area contributed by atoms with E-state index in [1.54, 1.807) is 0 Å². The van der Waals surface area contributed by atoms with Gasteiger partial charge in [-0.3, -0.25) is 0 Å². The van der Waals surface area contributed by atoms with Gasteiger partial charge in [0, 0.05) is 12.5 Å². The summed E-state index contributed by atoms with van der Waals surface area (Å²) in [6.45, 7) is 1.91. The molecular formula is C10H17N. The van der Waals surface area contributed by atoms with Crippen LogP contribution in [0, 0.1) is 17.8 Å². The average molecular weight is 151 g/mol. The van der Waals surface area contributed by atoms with Gasteiger partial charge in [-0.1, -0.05) is 0 Å². The number of nitrogens with one attached hydrogen (secondary N) is 1. The minimum Gasteiger partial charge on any atom is -0.317 e. The molecule has 1 atom stereocenters. The summed E-state index contributed by atoms with van der Waals surface area (Å²) in [5, 5.41) is 3.36. The standard InChI is InChI=1S/C10H17N/c1-3-4-5-6-10(11-2)9-7-8-9/h9-11H,5-8H2,1-2H3. The summed E-state index contributed by atoms with van der Waals surface area (Å²) in [5.41, 5.74) is 0. The van der Waals surface area contributed by atoms with E-state index in [0.717, 1.165) is 18.4 Å². The van der Waals surface area contributed by atoms with Gasteiger partial charge >= 0.3 is 0 Å². The van der Waals surface area contributed by atoms with Gasteiger partial charge in [0.25, 0.3) is 0 Å². The van der Waals surface area contributed by atoms with E-state index in [0.29, 0.717) is 0 Å². The first-order valence-corrected chi connectivity index (χ1v) is 4.45. The molecule has 0 radical (unpaired) electrons. The second-order valence-corrected chi connectivity index (χ2v) is 3.20. The van der Waals surface area contributed by atoms with E-state index < -0.39 is 0 Å². The quantitative estimate of drug-likeness (QED) is 0.604. The highest BCUT2D eigenvalue weighted by Gasteiger charge is 2.29. The first kappa shape index (κ1) is 8.62. The fraction of sp³-hybridized carbons (Fsp3) is 0.800.